The molecule has 122 valence electrons. The third-order valence-corrected chi connectivity index (χ3v) is 3.93. The third kappa shape index (κ3) is 3.55. The highest BCUT2D eigenvalue weighted by molar-refractivity contribution is 6.37. The van der Waals surface area contributed by atoms with Crippen LogP contribution in [-0.2, 0) is 11.3 Å². The number of nitrogens with zero attached hydrogens (tertiary/aromatic N) is 4. The number of amides is 1. The minimum absolute atomic E-state index is 0.0195. The van der Waals surface area contributed by atoms with Crippen molar-refractivity contribution in [3.63, 3.8) is 0 Å². The van der Waals surface area contributed by atoms with Gasteiger partial charge in [0.15, 0.2) is 0 Å². The molecule has 0 bridgehead atoms. The van der Waals surface area contributed by atoms with Crippen molar-refractivity contribution in [3.8, 4) is 0 Å². The van der Waals surface area contributed by atoms with Gasteiger partial charge < -0.3 is 0 Å². The van der Waals surface area contributed by atoms with Crippen molar-refractivity contribution in [2.45, 2.75) is 13.5 Å². The zero-order valence-electron chi connectivity index (χ0n) is 12.7. The fourth-order valence-electron chi connectivity index (χ4n) is 2.19. The average molecular weight is 362 g/mol. The maximum Gasteiger partial charge on any atom is 0.261 e. The second-order valence-corrected chi connectivity index (χ2v) is 5.94. The van der Waals surface area contributed by atoms with Crippen LogP contribution in [0.5, 0.6) is 0 Å². The highest BCUT2D eigenvalue weighted by Crippen LogP contribution is 2.21. The zero-order valence-corrected chi connectivity index (χ0v) is 14.2. The number of nitrogens with one attached hydrogen (secondary N) is 1. The van der Waals surface area contributed by atoms with E-state index in [9.17, 15) is 4.79 Å². The molecule has 3 rings (SSSR count). The number of benzene rings is 2. The van der Waals surface area contributed by atoms with Crippen molar-refractivity contribution in [2.75, 3.05) is 0 Å². The van der Waals surface area contributed by atoms with E-state index >= 15 is 0 Å². The number of carbonyl (C=O) groups is 1. The van der Waals surface area contributed by atoms with Crippen LogP contribution in [0.25, 0.3) is 11.0 Å². The molecule has 0 aliphatic heterocycles. The molecule has 0 aliphatic carbocycles. The summed E-state index contributed by atoms with van der Waals surface area (Å²) in [5.74, 6) is -0.310. The first-order chi connectivity index (χ1) is 11.5. The molecule has 1 N–H and O–H groups in total. The van der Waals surface area contributed by atoms with Gasteiger partial charge >= 0.3 is 0 Å². The third-order valence-electron chi connectivity index (χ3n) is 3.38. The van der Waals surface area contributed by atoms with E-state index < -0.39 is 0 Å². The number of hydrogen-bond acceptors (Lipinski definition) is 4. The standard InChI is InChI=1S/C16H13Cl2N5O/c1-10(12-7-6-11(17)8-13(12)18)19-21-16(24)9-23-15-5-3-2-4-14(15)20-22-23/h2-8H,9H2,1H3,(H,21,24)/b19-10+. The Bertz CT molecular complexity index is 935. The van der Waals surface area contributed by atoms with Crippen LogP contribution in [-0.4, -0.2) is 26.6 Å². The molecule has 3 aromatic rings. The summed E-state index contributed by atoms with van der Waals surface area (Å²) in [4.78, 5) is 12.1. The van der Waals surface area contributed by atoms with Crippen molar-refractivity contribution in [2.24, 2.45) is 5.10 Å². The molecular formula is C16H13Cl2N5O. The van der Waals surface area contributed by atoms with Crippen LogP contribution in [0.1, 0.15) is 12.5 Å². The first-order valence-electron chi connectivity index (χ1n) is 7.11. The Labute approximate surface area is 148 Å². The molecule has 1 aromatic heterocycles. The van der Waals surface area contributed by atoms with Crippen LogP contribution in [0.2, 0.25) is 10.0 Å². The molecule has 6 nitrogen and oxygen atoms in total. The maximum absolute atomic E-state index is 12.1. The van der Waals surface area contributed by atoms with Crippen molar-refractivity contribution in [1.29, 1.82) is 0 Å². The van der Waals surface area contributed by atoms with Gasteiger partial charge in [-0.3, -0.25) is 4.79 Å². The second kappa shape index (κ2) is 6.98. The van der Waals surface area contributed by atoms with E-state index in [1.165, 1.54) is 4.68 Å². The Morgan fingerprint density at radius 3 is 2.83 bits per heavy atom. The largest absolute Gasteiger partial charge is 0.271 e. The van der Waals surface area contributed by atoms with Gasteiger partial charge in [0.25, 0.3) is 5.91 Å². The lowest BCUT2D eigenvalue weighted by molar-refractivity contribution is -0.121. The van der Waals surface area contributed by atoms with Crippen molar-refractivity contribution < 1.29 is 4.79 Å². The number of fused-ring (bicyclic) bond motifs is 1. The summed E-state index contributed by atoms with van der Waals surface area (Å²) in [5.41, 5.74) is 5.29. The minimum Gasteiger partial charge on any atom is -0.271 e. The van der Waals surface area contributed by atoms with Gasteiger partial charge in [-0.1, -0.05) is 46.6 Å². The summed E-state index contributed by atoms with van der Waals surface area (Å²) in [6.07, 6.45) is 0. The topological polar surface area (TPSA) is 72.2 Å². The van der Waals surface area contributed by atoms with Gasteiger partial charge in [0.05, 0.1) is 16.3 Å². The van der Waals surface area contributed by atoms with E-state index in [0.717, 1.165) is 11.0 Å². The number of halogens is 2. The summed E-state index contributed by atoms with van der Waals surface area (Å²) in [7, 11) is 0. The summed E-state index contributed by atoms with van der Waals surface area (Å²) < 4.78 is 1.52. The molecule has 0 saturated heterocycles. The van der Waals surface area contributed by atoms with Gasteiger partial charge in [0.2, 0.25) is 0 Å². The molecule has 0 atom stereocenters. The quantitative estimate of drug-likeness (QED) is 0.572. The van der Waals surface area contributed by atoms with Gasteiger partial charge in [0, 0.05) is 10.6 Å². The number of rotatable bonds is 4. The fraction of sp³-hybridized carbons (Fsp3) is 0.125. The molecule has 1 amide bonds. The fourth-order valence-corrected chi connectivity index (χ4v) is 2.74. The van der Waals surface area contributed by atoms with Crippen LogP contribution in [0.3, 0.4) is 0 Å². The molecule has 1 heterocycles. The lowest BCUT2D eigenvalue weighted by atomic mass is 10.1. The number of hydrogen-bond donors (Lipinski definition) is 1. The molecular weight excluding hydrogens is 349 g/mol. The Balaban J connectivity index is 1.70. The van der Waals surface area contributed by atoms with Crippen LogP contribution in [0.4, 0.5) is 0 Å². The van der Waals surface area contributed by atoms with Gasteiger partial charge in [-0.05, 0) is 31.2 Å². The summed E-state index contributed by atoms with van der Waals surface area (Å²) >= 11 is 12.0. The average Bonchev–Trinajstić information content (AvgIpc) is 2.96. The molecule has 0 saturated carbocycles. The highest BCUT2D eigenvalue weighted by Gasteiger charge is 2.09. The number of para-hydroxylation sites is 1. The van der Waals surface area contributed by atoms with Crippen molar-refractivity contribution in [1.82, 2.24) is 20.4 Å². The maximum atomic E-state index is 12.1. The summed E-state index contributed by atoms with van der Waals surface area (Å²) in [6.45, 7) is 1.77. The molecule has 0 radical (unpaired) electrons. The molecule has 0 spiro atoms. The molecule has 0 unspecified atom stereocenters. The van der Waals surface area contributed by atoms with E-state index in [2.05, 4.69) is 20.8 Å². The summed E-state index contributed by atoms with van der Waals surface area (Å²) in [5, 5.41) is 13.1. The lowest BCUT2D eigenvalue weighted by Gasteiger charge is -2.05. The van der Waals surface area contributed by atoms with E-state index in [4.69, 9.17) is 23.2 Å². The first-order valence-corrected chi connectivity index (χ1v) is 7.87. The van der Waals surface area contributed by atoms with Crippen LogP contribution in [0, 0.1) is 0 Å². The van der Waals surface area contributed by atoms with Crippen LogP contribution >= 0.6 is 23.2 Å². The monoisotopic (exact) mass is 361 g/mol. The van der Waals surface area contributed by atoms with E-state index in [1.807, 2.05) is 24.3 Å². The van der Waals surface area contributed by atoms with Crippen LogP contribution < -0.4 is 5.43 Å². The Morgan fingerprint density at radius 1 is 1.25 bits per heavy atom. The van der Waals surface area contributed by atoms with Gasteiger partial charge in [0.1, 0.15) is 12.1 Å². The predicted molar refractivity (Wildman–Crippen MR) is 94.3 cm³/mol. The number of hydrazone groups is 1. The Hall–Kier alpha value is -2.44. The molecule has 0 fully saturated rings. The van der Waals surface area contributed by atoms with Gasteiger partial charge in [-0.2, -0.15) is 5.10 Å². The smallest absolute Gasteiger partial charge is 0.261 e. The van der Waals surface area contributed by atoms with Crippen molar-refractivity contribution >= 4 is 45.9 Å². The number of carbonyl (C=O) groups excluding carboxylic acids is 1. The highest BCUT2D eigenvalue weighted by atomic mass is 35.5. The van der Waals surface area contributed by atoms with Crippen LogP contribution in [0.15, 0.2) is 47.6 Å². The lowest BCUT2D eigenvalue weighted by Crippen LogP contribution is -2.24. The minimum atomic E-state index is -0.310. The van der Waals surface area contributed by atoms with E-state index in [1.54, 1.807) is 25.1 Å². The SMILES string of the molecule is C/C(=N\NC(=O)Cn1nnc2ccccc21)c1ccc(Cl)cc1Cl. The normalized spacial score (nSPS) is 11.7. The van der Waals surface area contributed by atoms with E-state index in [0.29, 0.717) is 21.3 Å². The predicted octanol–water partition coefficient (Wildman–Crippen LogP) is 3.28. The summed E-state index contributed by atoms with van der Waals surface area (Å²) in [6, 6.07) is 12.5. The number of aromatic nitrogens is 3. The Morgan fingerprint density at radius 2 is 2.04 bits per heavy atom. The molecule has 0 aliphatic rings. The van der Waals surface area contributed by atoms with Gasteiger partial charge in [-0.25, -0.2) is 10.1 Å². The molecule has 24 heavy (non-hydrogen) atoms. The first kappa shape index (κ1) is 16.4. The molecule has 2 aromatic carbocycles. The Kier molecular flexibility index (Phi) is 4.78. The van der Waals surface area contributed by atoms with Crippen molar-refractivity contribution in [3.05, 3.63) is 58.1 Å². The van der Waals surface area contributed by atoms with E-state index in [-0.39, 0.29) is 12.5 Å². The molecule has 8 heteroatoms. The zero-order chi connectivity index (χ0) is 17.1. The van der Waals surface area contributed by atoms with Gasteiger partial charge in [-0.15, -0.1) is 5.10 Å². The second-order valence-electron chi connectivity index (χ2n) is 5.09.